The Hall–Kier alpha value is 0.860. The van der Waals surface area contributed by atoms with Crippen molar-refractivity contribution in [3.63, 3.8) is 0 Å². The number of rotatable bonds is 0. The van der Waals surface area contributed by atoms with Crippen molar-refractivity contribution in [2.45, 2.75) is 0 Å². The molecule has 0 atom stereocenters. The van der Waals surface area contributed by atoms with Gasteiger partial charge in [0.15, 0.2) is 0 Å². The number of halogens is 5. The van der Waals surface area contributed by atoms with Crippen molar-refractivity contribution in [1.29, 1.82) is 0 Å². The topological polar surface area (TPSA) is 0 Å². The van der Waals surface area contributed by atoms with Gasteiger partial charge in [-0.05, 0) is 22.0 Å². The molecule has 0 aliphatic carbocycles. The third kappa shape index (κ3) is 1.96. The van der Waals surface area contributed by atoms with Gasteiger partial charge in [0.2, 0.25) is 0 Å². The maximum atomic E-state index is 5.73. The lowest BCUT2D eigenvalue weighted by Gasteiger charge is -2.02. The maximum Gasteiger partial charge on any atom is 0.0750 e. The lowest BCUT2D eigenvalue weighted by molar-refractivity contribution is 1.64. The van der Waals surface area contributed by atoms with Crippen LogP contribution >= 0.6 is 62.3 Å². The van der Waals surface area contributed by atoms with Crippen LogP contribution in [0.1, 0.15) is 0 Å². The van der Waals surface area contributed by atoms with Crippen LogP contribution in [-0.2, 0) is 0 Å². The monoisotopic (exact) mass is 292 g/mol. The molecule has 0 N–H and O–H groups in total. The molecule has 11 heavy (non-hydrogen) atoms. The molecule has 0 heterocycles. The fourth-order valence-electron chi connectivity index (χ4n) is 0.544. The van der Waals surface area contributed by atoms with Gasteiger partial charge in [0.05, 0.1) is 24.6 Å². The number of benzene rings is 1. The normalized spacial score (nSPS) is 10.3. The molecule has 60 valence electrons. The molecule has 0 aliphatic heterocycles. The van der Waals surface area contributed by atoms with Gasteiger partial charge in [-0.1, -0.05) is 46.4 Å². The average Bonchev–Trinajstić information content (AvgIpc) is 1.97. The van der Waals surface area contributed by atoms with Gasteiger partial charge in [-0.2, -0.15) is 0 Å². The van der Waals surface area contributed by atoms with Crippen molar-refractivity contribution in [2.75, 3.05) is 0 Å². The number of hydrogen-bond donors (Lipinski definition) is 0. The molecule has 1 aromatic rings. The van der Waals surface area contributed by atoms with Gasteiger partial charge in [-0.15, -0.1) is 0 Å². The van der Waals surface area contributed by atoms with Crippen LogP contribution < -0.4 is 0 Å². The highest BCUT2D eigenvalue weighted by Crippen LogP contribution is 2.40. The fraction of sp³-hybridized carbons (Fsp3) is 0. The van der Waals surface area contributed by atoms with Gasteiger partial charge < -0.3 is 0 Å². The molecule has 0 aliphatic rings. The molecule has 0 saturated heterocycles. The van der Waals surface area contributed by atoms with Crippen molar-refractivity contribution >= 4 is 62.3 Å². The zero-order valence-corrected chi connectivity index (χ0v) is 9.58. The third-order valence-electron chi connectivity index (χ3n) is 1.06. The van der Waals surface area contributed by atoms with Crippen LogP contribution in [0.25, 0.3) is 0 Å². The molecular formula is C6HBrCl4. The summed E-state index contributed by atoms with van der Waals surface area (Å²) in [5, 5.41) is 1.52. The SMILES string of the molecule is Clc1cc(Cl)c(Cl)c(Br)c1Cl. The summed E-state index contributed by atoms with van der Waals surface area (Å²) in [4.78, 5) is 0. The predicted molar refractivity (Wildman–Crippen MR) is 54.2 cm³/mol. The second-order valence-corrected chi connectivity index (χ2v) is 4.15. The summed E-state index contributed by atoms with van der Waals surface area (Å²) < 4.78 is 0.526. The van der Waals surface area contributed by atoms with E-state index in [1.807, 2.05) is 0 Å². The van der Waals surface area contributed by atoms with Crippen LogP contribution in [0.15, 0.2) is 10.5 Å². The molecule has 0 amide bonds. The van der Waals surface area contributed by atoms with E-state index in [0.717, 1.165) is 0 Å². The first-order chi connectivity index (χ1) is 5.04. The van der Waals surface area contributed by atoms with E-state index in [4.69, 9.17) is 46.4 Å². The van der Waals surface area contributed by atoms with Gasteiger partial charge in [0.1, 0.15) is 0 Å². The van der Waals surface area contributed by atoms with Crippen LogP contribution in [0.4, 0.5) is 0 Å². The standard InChI is InChI=1S/C6HBrCl4/c7-4-5(10)2(8)1-3(9)6(4)11/h1H. The largest absolute Gasteiger partial charge is 0.0826 e. The van der Waals surface area contributed by atoms with E-state index in [2.05, 4.69) is 15.9 Å². The van der Waals surface area contributed by atoms with E-state index in [1.165, 1.54) is 6.07 Å². The summed E-state index contributed by atoms with van der Waals surface area (Å²) in [6.07, 6.45) is 0. The molecule has 0 spiro atoms. The fourth-order valence-corrected chi connectivity index (χ4v) is 2.01. The minimum absolute atomic E-state index is 0.376. The Labute approximate surface area is 92.5 Å². The van der Waals surface area contributed by atoms with Gasteiger partial charge in [0.25, 0.3) is 0 Å². The van der Waals surface area contributed by atoms with Gasteiger partial charge in [-0.3, -0.25) is 0 Å². The van der Waals surface area contributed by atoms with Crippen molar-refractivity contribution in [3.8, 4) is 0 Å². The second kappa shape index (κ2) is 3.71. The van der Waals surface area contributed by atoms with E-state index in [1.54, 1.807) is 0 Å². The van der Waals surface area contributed by atoms with E-state index in [9.17, 15) is 0 Å². The first kappa shape index (κ1) is 9.94. The summed E-state index contributed by atoms with van der Waals surface area (Å²) in [7, 11) is 0. The highest BCUT2D eigenvalue weighted by atomic mass is 79.9. The quantitative estimate of drug-likeness (QED) is 0.463. The Morgan fingerprint density at radius 3 is 1.64 bits per heavy atom. The first-order valence-electron chi connectivity index (χ1n) is 2.52. The van der Waals surface area contributed by atoms with Gasteiger partial charge >= 0.3 is 0 Å². The van der Waals surface area contributed by atoms with Crippen LogP contribution in [-0.4, -0.2) is 0 Å². The van der Waals surface area contributed by atoms with Crippen molar-refractivity contribution in [2.24, 2.45) is 0 Å². The van der Waals surface area contributed by atoms with Crippen LogP contribution in [0.3, 0.4) is 0 Å². The molecule has 0 aromatic heterocycles. The van der Waals surface area contributed by atoms with Crippen molar-refractivity contribution in [1.82, 2.24) is 0 Å². The minimum Gasteiger partial charge on any atom is -0.0826 e. The molecule has 0 fully saturated rings. The lowest BCUT2D eigenvalue weighted by atomic mass is 10.3. The summed E-state index contributed by atoms with van der Waals surface area (Å²) in [6, 6.07) is 1.50. The zero-order valence-electron chi connectivity index (χ0n) is 4.97. The summed E-state index contributed by atoms with van der Waals surface area (Å²) in [5.41, 5.74) is 0. The molecule has 5 heteroatoms. The average molecular weight is 295 g/mol. The Bertz CT molecular complexity index is 271. The Balaban J connectivity index is 3.46. The zero-order chi connectivity index (χ0) is 8.59. The van der Waals surface area contributed by atoms with E-state index >= 15 is 0 Å². The molecule has 1 aromatic carbocycles. The van der Waals surface area contributed by atoms with Crippen molar-refractivity contribution < 1.29 is 0 Å². The van der Waals surface area contributed by atoms with Crippen LogP contribution in [0.5, 0.6) is 0 Å². The minimum atomic E-state index is 0.376. The molecular weight excluding hydrogens is 294 g/mol. The van der Waals surface area contributed by atoms with E-state index < -0.39 is 0 Å². The Kier molecular flexibility index (Phi) is 3.36. The smallest absolute Gasteiger partial charge is 0.0750 e. The van der Waals surface area contributed by atoms with Gasteiger partial charge in [-0.25, -0.2) is 0 Å². The molecule has 1 rings (SSSR count). The Morgan fingerprint density at radius 1 is 0.909 bits per heavy atom. The summed E-state index contributed by atoms with van der Waals surface area (Å²) in [6.45, 7) is 0. The molecule has 0 nitrogen and oxygen atoms in total. The van der Waals surface area contributed by atoms with Crippen molar-refractivity contribution in [3.05, 3.63) is 30.6 Å². The van der Waals surface area contributed by atoms with E-state index in [0.29, 0.717) is 24.6 Å². The van der Waals surface area contributed by atoms with Crippen LogP contribution in [0, 0.1) is 0 Å². The third-order valence-corrected chi connectivity index (χ3v) is 3.88. The summed E-state index contributed by atoms with van der Waals surface area (Å²) >= 11 is 26.0. The molecule has 0 saturated carbocycles. The van der Waals surface area contributed by atoms with E-state index in [-0.39, 0.29) is 0 Å². The molecule has 0 radical (unpaired) electrons. The molecule has 0 bridgehead atoms. The predicted octanol–water partition coefficient (Wildman–Crippen LogP) is 5.06. The second-order valence-electron chi connectivity index (χ2n) is 1.78. The van der Waals surface area contributed by atoms with Gasteiger partial charge in [0, 0.05) is 0 Å². The maximum absolute atomic E-state index is 5.73. The highest BCUT2D eigenvalue weighted by Gasteiger charge is 2.10. The number of hydrogen-bond acceptors (Lipinski definition) is 0. The molecule has 0 unspecified atom stereocenters. The lowest BCUT2D eigenvalue weighted by Crippen LogP contribution is -1.76. The van der Waals surface area contributed by atoms with Crippen LogP contribution in [0.2, 0.25) is 20.1 Å². The highest BCUT2D eigenvalue weighted by molar-refractivity contribution is 9.10. The first-order valence-corrected chi connectivity index (χ1v) is 4.83. The Morgan fingerprint density at radius 2 is 1.27 bits per heavy atom. The summed E-state index contributed by atoms with van der Waals surface area (Å²) in [5.74, 6) is 0.